The van der Waals surface area contributed by atoms with Gasteiger partial charge in [0, 0.05) is 49.7 Å². The lowest BCUT2D eigenvalue weighted by molar-refractivity contribution is 0.0389. The van der Waals surface area contributed by atoms with Crippen molar-refractivity contribution in [3.8, 4) is 0 Å². The molecule has 1 fully saturated rings. The molecule has 0 aliphatic carbocycles. The van der Waals surface area contributed by atoms with Crippen molar-refractivity contribution in [3.05, 3.63) is 58.4 Å². The summed E-state index contributed by atoms with van der Waals surface area (Å²) in [5.74, 6) is -2.38. The number of aromatic nitrogens is 2. The van der Waals surface area contributed by atoms with Crippen molar-refractivity contribution in [2.24, 2.45) is 0 Å². The lowest BCUT2D eigenvalue weighted by Crippen LogP contribution is -2.44. The zero-order valence-electron chi connectivity index (χ0n) is 23.3. The van der Waals surface area contributed by atoms with E-state index in [4.69, 9.17) is 23.9 Å². The number of hydrogen-bond acceptors (Lipinski definition) is 3. The molecule has 1 aliphatic heterocycles. The molecule has 0 radical (unpaired) electrons. The summed E-state index contributed by atoms with van der Waals surface area (Å²) in [6, 6.07) is 2.30. The number of rotatable bonds is 5. The van der Waals surface area contributed by atoms with Crippen molar-refractivity contribution in [3.63, 3.8) is 0 Å². The largest absolute Gasteiger partial charge is 0.338 e. The second kappa shape index (κ2) is 8.30. The average molecular weight is 403 g/mol. The van der Waals surface area contributed by atoms with Crippen LogP contribution in [0.2, 0.25) is 5.02 Å². The van der Waals surface area contributed by atoms with Crippen molar-refractivity contribution in [1.82, 2.24) is 14.9 Å². The standard InChI is InChI=1S/C20H22ClF2N3O/c1-14-12-24-18(25-13-14)3-2-6-20(23)7-9-26(10-8-20)19(27)15-4-5-17(22)16(21)11-15/h4-5,11-13H,2-3,6-10H2,1H3/i6D,7D2,8D2,9D2,10D2. The third kappa shape index (κ3) is 5.01. The van der Waals surface area contributed by atoms with E-state index in [9.17, 15) is 9.18 Å². The molecule has 0 bridgehead atoms. The predicted molar refractivity (Wildman–Crippen MR) is 100 cm³/mol. The summed E-state index contributed by atoms with van der Waals surface area (Å²) in [4.78, 5) is 20.7. The van der Waals surface area contributed by atoms with Crippen molar-refractivity contribution in [1.29, 1.82) is 0 Å². The second-order valence-electron chi connectivity index (χ2n) is 5.87. The van der Waals surface area contributed by atoms with Gasteiger partial charge in [-0.3, -0.25) is 4.79 Å². The van der Waals surface area contributed by atoms with Crippen LogP contribution in [0.3, 0.4) is 0 Å². The molecule has 4 nitrogen and oxygen atoms in total. The molecule has 0 saturated carbocycles. The van der Waals surface area contributed by atoms with E-state index in [1.54, 1.807) is 6.92 Å². The van der Waals surface area contributed by atoms with Crippen LogP contribution in [0.25, 0.3) is 0 Å². The number of nitrogens with zero attached hydrogens (tertiary/aromatic N) is 3. The summed E-state index contributed by atoms with van der Waals surface area (Å²) >= 11 is 5.66. The predicted octanol–water partition coefficient (Wildman–Crippen LogP) is 4.54. The van der Waals surface area contributed by atoms with Gasteiger partial charge in [-0.15, -0.1) is 0 Å². The van der Waals surface area contributed by atoms with Crippen molar-refractivity contribution >= 4 is 17.5 Å². The molecule has 1 aromatic carbocycles. The van der Waals surface area contributed by atoms with E-state index in [0.717, 1.165) is 23.8 Å². The molecule has 1 aromatic heterocycles. The molecule has 1 unspecified atom stereocenters. The summed E-state index contributed by atoms with van der Waals surface area (Å²) < 4.78 is 105. The molecule has 2 heterocycles. The number of carbonyl (C=O) groups is 1. The third-order valence-electron chi connectivity index (χ3n) is 3.70. The van der Waals surface area contributed by atoms with E-state index in [0.29, 0.717) is 0 Å². The normalized spacial score (nSPS) is 29.9. The maximum absolute atomic E-state index is 16.6. The van der Waals surface area contributed by atoms with Crippen LogP contribution in [-0.2, 0) is 6.42 Å². The minimum Gasteiger partial charge on any atom is -0.338 e. The molecular formula is C20H22ClF2N3O. The van der Waals surface area contributed by atoms with Crippen molar-refractivity contribution < 1.29 is 25.9 Å². The summed E-state index contributed by atoms with van der Waals surface area (Å²) in [6.45, 7) is -5.88. The zero-order chi connectivity index (χ0) is 27.5. The Labute approximate surface area is 175 Å². The second-order valence-corrected chi connectivity index (χ2v) is 6.28. The molecule has 1 aliphatic rings. The molecule has 144 valence electrons. The van der Waals surface area contributed by atoms with Crippen LogP contribution in [0.5, 0.6) is 0 Å². The van der Waals surface area contributed by atoms with Crippen LogP contribution < -0.4 is 0 Å². The lowest BCUT2D eigenvalue weighted by atomic mass is 9.88. The SMILES string of the molecule is [2H]C(CCc1ncc(C)cn1)C1(F)C([2H])([2H])C([2H])([2H])N(C(=O)c2ccc(F)c(Cl)c2)C([2H])([2H])C1([2H])[2H]. The molecule has 2 aromatic rings. The smallest absolute Gasteiger partial charge is 0.253 e. The minimum absolute atomic E-state index is 0.148. The quantitative estimate of drug-likeness (QED) is 0.737. The van der Waals surface area contributed by atoms with Crippen LogP contribution in [-0.4, -0.2) is 39.4 Å². The van der Waals surface area contributed by atoms with Gasteiger partial charge in [0.05, 0.1) is 5.02 Å². The van der Waals surface area contributed by atoms with E-state index in [2.05, 4.69) is 9.97 Å². The maximum atomic E-state index is 16.6. The number of aryl methyl sites for hydroxylation is 2. The van der Waals surface area contributed by atoms with Crippen LogP contribution in [0.4, 0.5) is 8.78 Å². The number of halogens is 3. The highest BCUT2D eigenvalue weighted by molar-refractivity contribution is 6.31. The fourth-order valence-electron chi connectivity index (χ4n) is 2.24. The number of likely N-dealkylation sites (tertiary alicyclic amines) is 1. The molecule has 7 heteroatoms. The van der Waals surface area contributed by atoms with Gasteiger partial charge in [-0.25, -0.2) is 18.7 Å². The monoisotopic (exact) mass is 402 g/mol. The molecule has 1 saturated heterocycles. The van der Waals surface area contributed by atoms with Crippen LogP contribution >= 0.6 is 11.6 Å². The molecule has 3 rings (SSSR count). The van der Waals surface area contributed by atoms with Gasteiger partial charge in [0.1, 0.15) is 17.3 Å². The fourth-order valence-corrected chi connectivity index (χ4v) is 2.42. The first-order valence-electron chi connectivity index (χ1n) is 12.6. The van der Waals surface area contributed by atoms with Gasteiger partial charge in [-0.05, 0) is 56.2 Å². The van der Waals surface area contributed by atoms with E-state index < -0.39 is 66.5 Å². The van der Waals surface area contributed by atoms with Crippen LogP contribution in [0.1, 0.15) is 59.6 Å². The maximum Gasteiger partial charge on any atom is 0.253 e. The molecule has 27 heavy (non-hydrogen) atoms. The Balaban J connectivity index is 2.07. The Bertz CT molecular complexity index is 1140. The molecule has 1 atom stereocenters. The van der Waals surface area contributed by atoms with Crippen LogP contribution in [0, 0.1) is 12.7 Å². The Hall–Kier alpha value is -2.08. The molecule has 0 N–H and O–H groups in total. The van der Waals surface area contributed by atoms with Gasteiger partial charge in [-0.2, -0.15) is 0 Å². The molecule has 0 spiro atoms. The highest BCUT2D eigenvalue weighted by atomic mass is 35.5. The first-order valence-corrected chi connectivity index (χ1v) is 8.40. The summed E-state index contributed by atoms with van der Waals surface area (Å²) in [6.07, 6.45) is -8.04. The Morgan fingerprint density at radius 2 is 2.04 bits per heavy atom. The van der Waals surface area contributed by atoms with Gasteiger partial charge < -0.3 is 4.90 Å². The Kier molecular flexibility index (Phi) is 3.40. The van der Waals surface area contributed by atoms with E-state index >= 15 is 4.39 Å². The number of hydrogen-bond donors (Lipinski definition) is 0. The number of carbonyl (C=O) groups excluding carboxylic acids is 1. The number of benzene rings is 1. The topological polar surface area (TPSA) is 46.1 Å². The van der Waals surface area contributed by atoms with E-state index in [1.165, 1.54) is 12.4 Å². The zero-order valence-corrected chi connectivity index (χ0v) is 15.0. The van der Waals surface area contributed by atoms with Gasteiger partial charge in [0.15, 0.2) is 0 Å². The van der Waals surface area contributed by atoms with Crippen LogP contribution in [0.15, 0.2) is 30.6 Å². The fraction of sp³-hybridized carbons (Fsp3) is 0.450. The minimum atomic E-state index is -4.07. The molecular weight excluding hydrogens is 372 g/mol. The summed E-state index contributed by atoms with van der Waals surface area (Å²) in [5.41, 5.74) is -3.93. The van der Waals surface area contributed by atoms with Crippen molar-refractivity contribution in [2.75, 3.05) is 13.0 Å². The third-order valence-corrected chi connectivity index (χ3v) is 3.99. The van der Waals surface area contributed by atoms with Gasteiger partial charge in [0.25, 0.3) is 5.91 Å². The van der Waals surface area contributed by atoms with E-state index in [1.807, 2.05) is 0 Å². The Morgan fingerprint density at radius 3 is 2.67 bits per heavy atom. The first kappa shape index (κ1) is 11.1. The number of alkyl halides is 1. The van der Waals surface area contributed by atoms with E-state index in [-0.39, 0.29) is 17.1 Å². The van der Waals surface area contributed by atoms with Gasteiger partial charge >= 0.3 is 0 Å². The number of amides is 1. The highest BCUT2D eigenvalue weighted by Crippen LogP contribution is 2.32. The Morgan fingerprint density at radius 1 is 1.37 bits per heavy atom. The van der Waals surface area contributed by atoms with Gasteiger partial charge in [0.2, 0.25) is 0 Å². The highest BCUT2D eigenvalue weighted by Gasteiger charge is 2.35. The van der Waals surface area contributed by atoms with Crippen molar-refractivity contribution in [2.45, 2.75) is 44.6 Å². The first-order chi connectivity index (χ1) is 16.3. The average Bonchev–Trinajstić information content (AvgIpc) is 2.78. The van der Waals surface area contributed by atoms with Gasteiger partial charge in [-0.1, -0.05) is 11.6 Å². The molecule has 1 amide bonds. The summed E-state index contributed by atoms with van der Waals surface area (Å²) in [7, 11) is 0. The number of piperidine rings is 1. The lowest BCUT2D eigenvalue weighted by Gasteiger charge is -2.36. The summed E-state index contributed by atoms with van der Waals surface area (Å²) in [5, 5.41) is -0.575.